The molecule has 0 aromatic heterocycles. The second kappa shape index (κ2) is 17.2. The van der Waals surface area contributed by atoms with Crippen molar-refractivity contribution < 1.29 is 0 Å². The van der Waals surface area contributed by atoms with E-state index in [9.17, 15) is 0 Å². The Hall–Kier alpha value is -4.50. The van der Waals surface area contributed by atoms with E-state index < -0.39 is 0 Å². The maximum Gasteiger partial charge on any atom is 0.0384 e. The Morgan fingerprint density at radius 2 is 1.05 bits per heavy atom. The van der Waals surface area contributed by atoms with Crippen LogP contribution in [0, 0.1) is 13.8 Å². The lowest BCUT2D eigenvalue weighted by Crippen LogP contribution is -2.14. The molecule has 3 aromatic carbocycles. The second-order valence-corrected chi connectivity index (χ2v) is 9.40. The number of hydrogen-bond acceptors (Lipinski definition) is 3. The van der Waals surface area contributed by atoms with E-state index in [1.54, 1.807) is 0 Å². The summed E-state index contributed by atoms with van der Waals surface area (Å²) in [6, 6.07) is 24.2. The van der Waals surface area contributed by atoms with Crippen LogP contribution in [0.5, 0.6) is 0 Å². The van der Waals surface area contributed by atoms with E-state index in [4.69, 9.17) is 5.73 Å². The molecule has 3 heteroatoms. The van der Waals surface area contributed by atoms with Gasteiger partial charge in [-0.15, -0.1) is 0 Å². The van der Waals surface area contributed by atoms with Gasteiger partial charge in [0.15, 0.2) is 0 Å². The fraction of sp³-hybridized carbons (Fsp3) is 0.189. The number of allylic oxidation sites excluding steroid dienone is 4. The number of benzene rings is 3. The average molecular weight is 534 g/mol. The number of hydrogen-bond donors (Lipinski definition) is 3. The maximum atomic E-state index is 5.73. The molecular weight excluding hydrogens is 486 g/mol. The van der Waals surface area contributed by atoms with E-state index in [2.05, 4.69) is 99.3 Å². The standard InChI is InChI=1S/C25H29N3.C10H12.C2H6/c1-7-25(28-21(6)22-10-8-17(2)9-11-22)18(3)16-19(4)27-20(5)23-12-14-24(26)15-13-23;1-8(2)10-6-4-9(3)5-7-10;1-2/h7-16,27-28H,4-6,26H2,1-3H3;4-7H,1H2,2-3H3;1-2H3/b18-16-,25-7+;;. The quantitative estimate of drug-likeness (QED) is 0.189. The van der Waals surface area contributed by atoms with Crippen molar-refractivity contribution in [3.05, 3.63) is 156 Å². The number of anilines is 1. The first-order chi connectivity index (χ1) is 19.0. The van der Waals surface area contributed by atoms with Crippen molar-refractivity contribution >= 4 is 22.7 Å². The molecule has 0 aliphatic heterocycles. The molecule has 0 radical (unpaired) electrons. The molecule has 0 saturated heterocycles. The van der Waals surface area contributed by atoms with Gasteiger partial charge in [0.25, 0.3) is 0 Å². The summed E-state index contributed by atoms with van der Waals surface area (Å²) in [7, 11) is 0. The molecule has 0 aliphatic carbocycles. The van der Waals surface area contributed by atoms with Gasteiger partial charge < -0.3 is 16.4 Å². The Kier molecular flexibility index (Phi) is 14.4. The molecule has 0 bridgehead atoms. The van der Waals surface area contributed by atoms with Crippen molar-refractivity contribution in [2.24, 2.45) is 0 Å². The van der Waals surface area contributed by atoms with Crippen LogP contribution in [0.25, 0.3) is 17.0 Å². The SMILES string of the molecule is C=C(/C=C(C)\C(=C/C)NC(=C)c1ccc(C)cc1)NC(=C)c1ccc(N)cc1.C=C(C)c1ccc(C)cc1.CC. The zero-order valence-corrected chi connectivity index (χ0v) is 25.5. The molecule has 0 unspecified atom stereocenters. The molecule has 0 spiro atoms. The van der Waals surface area contributed by atoms with Crippen LogP contribution < -0.4 is 16.4 Å². The van der Waals surface area contributed by atoms with Crippen LogP contribution in [0.1, 0.15) is 62.4 Å². The number of nitrogens with one attached hydrogen (secondary N) is 2. The Labute approximate surface area is 243 Å². The van der Waals surface area contributed by atoms with E-state index in [1.807, 2.05) is 71.0 Å². The van der Waals surface area contributed by atoms with Crippen LogP contribution in [0.3, 0.4) is 0 Å². The second-order valence-electron chi connectivity index (χ2n) is 9.40. The zero-order valence-electron chi connectivity index (χ0n) is 25.5. The van der Waals surface area contributed by atoms with E-state index in [0.29, 0.717) is 0 Å². The molecule has 210 valence electrons. The smallest absolute Gasteiger partial charge is 0.0384 e. The third-order valence-corrected chi connectivity index (χ3v) is 5.90. The summed E-state index contributed by atoms with van der Waals surface area (Å²) in [6.07, 6.45) is 4.00. The molecule has 3 nitrogen and oxygen atoms in total. The topological polar surface area (TPSA) is 50.1 Å². The highest BCUT2D eigenvalue weighted by atomic mass is 14.9. The van der Waals surface area contributed by atoms with Gasteiger partial charge in [-0.1, -0.05) is 124 Å². The van der Waals surface area contributed by atoms with Crippen molar-refractivity contribution in [2.75, 3.05) is 5.73 Å². The van der Waals surface area contributed by atoms with Crippen molar-refractivity contribution in [1.82, 2.24) is 10.6 Å². The molecule has 0 aliphatic rings. The van der Waals surface area contributed by atoms with Crippen LogP contribution in [-0.4, -0.2) is 0 Å². The predicted octanol–water partition coefficient (Wildman–Crippen LogP) is 9.82. The first kappa shape index (κ1) is 33.5. The van der Waals surface area contributed by atoms with E-state index in [1.165, 1.54) is 16.7 Å². The number of rotatable bonds is 9. The molecule has 0 saturated carbocycles. The van der Waals surface area contributed by atoms with Crippen LogP contribution in [0.15, 0.2) is 128 Å². The zero-order chi connectivity index (χ0) is 30.2. The van der Waals surface area contributed by atoms with Gasteiger partial charge in [0, 0.05) is 28.5 Å². The van der Waals surface area contributed by atoms with E-state index in [0.717, 1.165) is 50.7 Å². The molecule has 3 aromatic rings. The van der Waals surface area contributed by atoms with E-state index in [-0.39, 0.29) is 0 Å². The molecule has 3 rings (SSSR count). The number of nitrogen functional groups attached to an aromatic ring is 1. The third kappa shape index (κ3) is 11.5. The van der Waals surface area contributed by atoms with Crippen LogP contribution >= 0.6 is 0 Å². The first-order valence-corrected chi connectivity index (χ1v) is 13.6. The fourth-order valence-electron chi connectivity index (χ4n) is 3.55. The highest BCUT2D eigenvalue weighted by molar-refractivity contribution is 5.66. The van der Waals surface area contributed by atoms with Crippen molar-refractivity contribution in [1.29, 1.82) is 0 Å². The Morgan fingerprint density at radius 1 is 0.650 bits per heavy atom. The van der Waals surface area contributed by atoms with Gasteiger partial charge in [0.05, 0.1) is 0 Å². The largest absolute Gasteiger partial charge is 0.399 e. The lowest BCUT2D eigenvalue weighted by molar-refractivity contribution is 1.06. The molecule has 4 N–H and O–H groups in total. The third-order valence-electron chi connectivity index (χ3n) is 5.90. The first-order valence-electron chi connectivity index (χ1n) is 13.6. The minimum Gasteiger partial charge on any atom is -0.399 e. The molecular formula is C37H47N3. The average Bonchev–Trinajstić information content (AvgIpc) is 2.93. The predicted molar refractivity (Wildman–Crippen MR) is 180 cm³/mol. The van der Waals surface area contributed by atoms with Gasteiger partial charge in [-0.3, -0.25) is 0 Å². The summed E-state index contributed by atoms with van der Waals surface area (Å²) in [5, 5.41) is 6.63. The van der Waals surface area contributed by atoms with Crippen molar-refractivity contribution in [2.45, 2.75) is 48.5 Å². The van der Waals surface area contributed by atoms with Gasteiger partial charge in [0.2, 0.25) is 0 Å². The lowest BCUT2D eigenvalue weighted by Gasteiger charge is -2.16. The Balaban J connectivity index is 0.000000555. The Morgan fingerprint density at radius 3 is 1.48 bits per heavy atom. The van der Waals surface area contributed by atoms with Crippen molar-refractivity contribution in [3.63, 3.8) is 0 Å². The van der Waals surface area contributed by atoms with Gasteiger partial charge in [-0.2, -0.15) is 0 Å². The molecule has 0 fully saturated rings. The highest BCUT2D eigenvalue weighted by Gasteiger charge is 2.05. The molecule has 0 atom stereocenters. The summed E-state index contributed by atoms with van der Waals surface area (Å²) in [5.74, 6) is 0. The highest BCUT2D eigenvalue weighted by Crippen LogP contribution is 2.18. The fourth-order valence-corrected chi connectivity index (χ4v) is 3.55. The molecule has 0 heterocycles. The van der Waals surface area contributed by atoms with Crippen LogP contribution in [0.4, 0.5) is 5.69 Å². The van der Waals surface area contributed by atoms with Gasteiger partial charge in [-0.05, 0) is 75.1 Å². The van der Waals surface area contributed by atoms with Gasteiger partial charge in [-0.25, -0.2) is 0 Å². The van der Waals surface area contributed by atoms with E-state index >= 15 is 0 Å². The maximum absolute atomic E-state index is 5.73. The number of aryl methyl sites for hydroxylation is 2. The monoisotopic (exact) mass is 533 g/mol. The Bertz CT molecular complexity index is 1330. The minimum absolute atomic E-state index is 0.726. The van der Waals surface area contributed by atoms with Crippen LogP contribution in [0.2, 0.25) is 0 Å². The normalized spacial score (nSPS) is 10.7. The summed E-state index contributed by atoms with van der Waals surface area (Å²) in [6.45, 7) is 30.4. The van der Waals surface area contributed by atoms with Crippen LogP contribution in [-0.2, 0) is 0 Å². The lowest BCUT2D eigenvalue weighted by atomic mass is 10.1. The summed E-state index contributed by atoms with van der Waals surface area (Å²) in [4.78, 5) is 0. The number of nitrogens with two attached hydrogens (primary N) is 1. The van der Waals surface area contributed by atoms with Gasteiger partial charge in [0.1, 0.15) is 0 Å². The minimum atomic E-state index is 0.726. The van der Waals surface area contributed by atoms with Gasteiger partial charge >= 0.3 is 0 Å². The molecule has 0 amide bonds. The summed E-state index contributed by atoms with van der Waals surface area (Å²) in [5.41, 5.74) is 17.8. The van der Waals surface area contributed by atoms with Crippen molar-refractivity contribution in [3.8, 4) is 0 Å². The summed E-state index contributed by atoms with van der Waals surface area (Å²) < 4.78 is 0. The molecule has 40 heavy (non-hydrogen) atoms. The summed E-state index contributed by atoms with van der Waals surface area (Å²) >= 11 is 0.